The third kappa shape index (κ3) is 3.17. The lowest BCUT2D eigenvalue weighted by Crippen LogP contribution is -2.46. The summed E-state index contributed by atoms with van der Waals surface area (Å²) in [5, 5.41) is 15.0. The molecule has 21 heavy (non-hydrogen) atoms. The highest BCUT2D eigenvalue weighted by Crippen LogP contribution is 2.31. The van der Waals surface area contributed by atoms with E-state index in [4.69, 9.17) is 5.73 Å². The predicted octanol–water partition coefficient (Wildman–Crippen LogP) is 2.28. The van der Waals surface area contributed by atoms with Crippen molar-refractivity contribution in [1.82, 2.24) is 9.78 Å². The van der Waals surface area contributed by atoms with Gasteiger partial charge in [-0.15, -0.1) is 0 Å². The zero-order valence-electron chi connectivity index (χ0n) is 13.0. The molecule has 4 heteroatoms. The van der Waals surface area contributed by atoms with Gasteiger partial charge < -0.3 is 10.8 Å². The minimum Gasteiger partial charge on any atom is -0.392 e. The second-order valence-electron chi connectivity index (χ2n) is 5.96. The summed E-state index contributed by atoms with van der Waals surface area (Å²) in [6.45, 7) is 6.38. The molecule has 4 nitrogen and oxygen atoms in total. The Hall–Kier alpha value is -1.65. The smallest absolute Gasteiger partial charge is 0.0635 e. The van der Waals surface area contributed by atoms with E-state index in [1.54, 1.807) is 6.92 Å². The summed E-state index contributed by atoms with van der Waals surface area (Å²) in [4.78, 5) is 0. The molecule has 2 atom stereocenters. The largest absolute Gasteiger partial charge is 0.392 e. The molecule has 0 fully saturated rings. The summed E-state index contributed by atoms with van der Waals surface area (Å²) < 4.78 is 1.93. The van der Waals surface area contributed by atoms with Gasteiger partial charge in [0.1, 0.15) is 0 Å². The lowest BCUT2D eigenvalue weighted by molar-refractivity contribution is 0.0993. The molecule has 2 rings (SSSR count). The molecule has 1 heterocycles. The van der Waals surface area contributed by atoms with Crippen LogP contribution >= 0.6 is 0 Å². The molecule has 0 amide bonds. The van der Waals surface area contributed by atoms with Crippen LogP contribution < -0.4 is 5.73 Å². The van der Waals surface area contributed by atoms with Crippen LogP contribution in [-0.4, -0.2) is 27.5 Å². The van der Waals surface area contributed by atoms with Gasteiger partial charge in [0.05, 0.1) is 11.8 Å². The molecular weight excluding hydrogens is 262 g/mol. The molecule has 0 aliphatic carbocycles. The number of nitrogens with zero attached hydrogens (tertiary/aromatic N) is 2. The first kappa shape index (κ1) is 15.7. The van der Waals surface area contributed by atoms with Crippen LogP contribution in [0.5, 0.6) is 0 Å². The lowest BCUT2D eigenvalue weighted by atomic mass is 9.73. The zero-order chi connectivity index (χ0) is 15.5. The number of aromatic nitrogens is 2. The van der Waals surface area contributed by atoms with Gasteiger partial charge in [-0.1, -0.05) is 30.3 Å². The average Bonchev–Trinajstić information content (AvgIpc) is 2.94. The summed E-state index contributed by atoms with van der Waals surface area (Å²) in [6.07, 6.45) is 2.06. The second kappa shape index (κ2) is 6.41. The Morgan fingerprint density at radius 2 is 1.86 bits per heavy atom. The molecule has 2 unspecified atom stereocenters. The van der Waals surface area contributed by atoms with Crippen LogP contribution in [0.4, 0.5) is 0 Å². The molecule has 0 radical (unpaired) electrons. The average molecular weight is 287 g/mol. The molecule has 1 aromatic heterocycles. The first-order chi connectivity index (χ1) is 9.99. The van der Waals surface area contributed by atoms with Crippen molar-refractivity contribution in [2.45, 2.75) is 44.8 Å². The molecule has 0 saturated carbocycles. The third-order valence-corrected chi connectivity index (χ3v) is 4.20. The highest BCUT2D eigenvalue weighted by atomic mass is 16.3. The Kier molecular flexibility index (Phi) is 4.80. The van der Waals surface area contributed by atoms with Crippen molar-refractivity contribution >= 4 is 0 Å². The number of nitrogens with two attached hydrogens (primary N) is 1. The van der Waals surface area contributed by atoms with E-state index in [-0.39, 0.29) is 0 Å². The minimum atomic E-state index is -0.547. The van der Waals surface area contributed by atoms with E-state index >= 15 is 0 Å². The van der Waals surface area contributed by atoms with Crippen molar-refractivity contribution in [3.8, 4) is 0 Å². The Morgan fingerprint density at radius 3 is 2.33 bits per heavy atom. The highest BCUT2D eigenvalue weighted by molar-refractivity contribution is 5.30. The second-order valence-corrected chi connectivity index (χ2v) is 5.96. The lowest BCUT2D eigenvalue weighted by Gasteiger charge is -2.35. The summed E-state index contributed by atoms with van der Waals surface area (Å²) in [6, 6.07) is 12.3. The molecule has 2 aromatic rings. The van der Waals surface area contributed by atoms with Gasteiger partial charge in [0.25, 0.3) is 0 Å². The molecule has 0 bridgehead atoms. The maximum absolute atomic E-state index is 10.4. The fraction of sp³-hybridized carbons (Fsp3) is 0.471. The van der Waals surface area contributed by atoms with Crippen molar-refractivity contribution < 1.29 is 5.11 Å². The van der Waals surface area contributed by atoms with Crippen LogP contribution in [0.25, 0.3) is 0 Å². The maximum Gasteiger partial charge on any atom is 0.0635 e. The quantitative estimate of drug-likeness (QED) is 0.856. The van der Waals surface area contributed by atoms with Crippen LogP contribution in [0.1, 0.15) is 38.1 Å². The fourth-order valence-electron chi connectivity index (χ4n) is 2.70. The third-order valence-electron chi connectivity index (χ3n) is 4.20. The van der Waals surface area contributed by atoms with Gasteiger partial charge in [-0.3, -0.25) is 4.68 Å². The fourth-order valence-corrected chi connectivity index (χ4v) is 2.70. The number of hydrogen-bond acceptors (Lipinski definition) is 3. The van der Waals surface area contributed by atoms with E-state index in [0.717, 1.165) is 11.3 Å². The number of rotatable bonds is 6. The van der Waals surface area contributed by atoms with Crippen LogP contribution in [0.3, 0.4) is 0 Å². The van der Waals surface area contributed by atoms with Gasteiger partial charge >= 0.3 is 0 Å². The van der Waals surface area contributed by atoms with Crippen LogP contribution in [0, 0.1) is 0 Å². The first-order valence-electron chi connectivity index (χ1n) is 7.47. The Balaban J connectivity index is 2.36. The number of benzene rings is 1. The van der Waals surface area contributed by atoms with Crippen molar-refractivity contribution in [2.24, 2.45) is 5.73 Å². The van der Waals surface area contributed by atoms with Crippen molar-refractivity contribution in [1.29, 1.82) is 0 Å². The number of hydrogen-bond donors (Lipinski definition) is 2. The van der Waals surface area contributed by atoms with Gasteiger partial charge in [0, 0.05) is 30.6 Å². The summed E-state index contributed by atoms with van der Waals surface area (Å²) in [5.74, 6) is 0. The highest BCUT2D eigenvalue weighted by Gasteiger charge is 2.36. The Morgan fingerprint density at radius 1 is 1.19 bits per heavy atom. The number of aliphatic hydroxyl groups is 1. The van der Waals surface area contributed by atoms with E-state index in [9.17, 15) is 5.11 Å². The van der Waals surface area contributed by atoms with Crippen LogP contribution in [-0.2, 0) is 11.8 Å². The van der Waals surface area contributed by atoms with E-state index < -0.39 is 11.5 Å². The zero-order valence-corrected chi connectivity index (χ0v) is 13.0. The van der Waals surface area contributed by atoms with Crippen molar-refractivity contribution in [2.75, 3.05) is 6.54 Å². The monoisotopic (exact) mass is 287 g/mol. The van der Waals surface area contributed by atoms with Gasteiger partial charge in [-0.2, -0.15) is 5.10 Å². The van der Waals surface area contributed by atoms with Crippen LogP contribution in [0.15, 0.2) is 42.6 Å². The maximum atomic E-state index is 10.4. The Labute approximate surface area is 126 Å². The molecule has 1 aromatic carbocycles. The molecule has 0 aliphatic heterocycles. The molecule has 3 N–H and O–H groups in total. The van der Waals surface area contributed by atoms with E-state index in [0.29, 0.717) is 19.0 Å². The van der Waals surface area contributed by atoms with Gasteiger partial charge in [-0.25, -0.2) is 0 Å². The van der Waals surface area contributed by atoms with E-state index in [1.165, 1.54) is 0 Å². The SMILES string of the molecule is CC(C)n1ccc(CC(CN)(c2ccccc2)C(C)O)n1. The summed E-state index contributed by atoms with van der Waals surface area (Å²) in [5.41, 5.74) is 7.57. The first-order valence-corrected chi connectivity index (χ1v) is 7.47. The standard InChI is InChI=1S/C17H25N3O/c1-13(2)20-10-9-16(19-20)11-17(12-18,14(3)21)15-7-5-4-6-8-15/h4-10,13-14,21H,11-12,18H2,1-3H3. The van der Waals surface area contributed by atoms with Gasteiger partial charge in [0.15, 0.2) is 0 Å². The summed E-state index contributed by atoms with van der Waals surface area (Å²) in [7, 11) is 0. The predicted molar refractivity (Wildman–Crippen MR) is 85.2 cm³/mol. The minimum absolute atomic E-state index is 0.328. The normalized spacial score (nSPS) is 15.9. The van der Waals surface area contributed by atoms with Crippen molar-refractivity contribution in [3.05, 3.63) is 53.9 Å². The van der Waals surface area contributed by atoms with Gasteiger partial charge in [-0.05, 0) is 32.4 Å². The topological polar surface area (TPSA) is 64.1 Å². The Bertz CT molecular complexity index is 562. The molecular formula is C17H25N3O. The van der Waals surface area contributed by atoms with Crippen molar-refractivity contribution in [3.63, 3.8) is 0 Å². The molecule has 114 valence electrons. The van der Waals surface area contributed by atoms with E-state index in [2.05, 4.69) is 18.9 Å². The van der Waals surface area contributed by atoms with Gasteiger partial charge in [0.2, 0.25) is 0 Å². The summed E-state index contributed by atoms with van der Waals surface area (Å²) >= 11 is 0. The molecule has 0 aliphatic rings. The van der Waals surface area contributed by atoms with E-state index in [1.807, 2.05) is 47.3 Å². The molecule has 0 spiro atoms. The van der Waals surface area contributed by atoms with Crippen LogP contribution in [0.2, 0.25) is 0 Å². The molecule has 0 saturated heterocycles. The number of aliphatic hydroxyl groups excluding tert-OH is 1.